The molecule has 1 heteroatoms. The maximum Gasteiger partial charge on any atom is 0.0894 e. The van der Waals surface area contributed by atoms with Crippen LogP contribution in [-0.2, 0) is 0 Å². The van der Waals surface area contributed by atoms with Crippen molar-refractivity contribution in [2.45, 2.75) is 219 Å². The van der Waals surface area contributed by atoms with Crippen molar-refractivity contribution >= 4 is 0 Å². The molecule has 0 heterocycles. The van der Waals surface area contributed by atoms with E-state index >= 15 is 0 Å². The van der Waals surface area contributed by atoms with Gasteiger partial charge < -0.3 is 0 Å². The highest BCUT2D eigenvalue weighted by molar-refractivity contribution is 4.85. The summed E-state index contributed by atoms with van der Waals surface area (Å²) in [6, 6.07) is 0. The molecule has 0 bridgehead atoms. The van der Waals surface area contributed by atoms with Gasteiger partial charge >= 0.3 is 0 Å². The van der Waals surface area contributed by atoms with Crippen LogP contribution in [0.1, 0.15) is 219 Å². The molecule has 0 aliphatic heterocycles. The van der Waals surface area contributed by atoms with Gasteiger partial charge in [0.25, 0.3) is 0 Å². The molecule has 0 aromatic heterocycles. The predicted octanol–water partition coefficient (Wildman–Crippen LogP) is 14.3. The Hall–Kier alpha value is -0.0700. The van der Waals surface area contributed by atoms with E-state index in [0.717, 1.165) is 41.9 Å². The van der Waals surface area contributed by atoms with Crippen LogP contribution in [-0.4, -0.2) is 6.67 Å². The minimum absolute atomic E-state index is 0.120. The fraction of sp³-hybridized carbons (Fsp3) is 1.00. The van der Waals surface area contributed by atoms with Crippen LogP contribution >= 0.6 is 0 Å². The van der Waals surface area contributed by atoms with E-state index in [2.05, 4.69) is 6.92 Å². The average Bonchev–Trinajstić information content (AvgIpc) is 3.01. The van der Waals surface area contributed by atoms with Crippen LogP contribution in [0.4, 0.5) is 4.39 Å². The zero-order valence-electron chi connectivity index (χ0n) is 28.2. The molecule has 3 aliphatic rings. The molecular weight excluding hydrogens is 499 g/mol. The molecule has 0 spiro atoms. The molecule has 0 radical (unpaired) electrons. The van der Waals surface area contributed by atoms with Crippen LogP contribution in [0.2, 0.25) is 0 Å². The Morgan fingerprint density at radius 2 is 0.878 bits per heavy atom. The largest absolute Gasteiger partial charge is 0.251 e. The monoisotopic (exact) mass is 575 g/mol. The lowest BCUT2D eigenvalue weighted by atomic mass is 9.66. The van der Waals surface area contributed by atoms with Crippen molar-refractivity contribution in [3.8, 4) is 0 Å². The maximum atomic E-state index is 12.2. The lowest BCUT2D eigenvalue weighted by molar-refractivity contribution is 0.127. The molecule has 0 nitrogen and oxygen atoms in total. The van der Waals surface area contributed by atoms with Crippen molar-refractivity contribution in [1.82, 2.24) is 0 Å². The quantitative estimate of drug-likeness (QED) is 0.106. The van der Waals surface area contributed by atoms with E-state index in [4.69, 9.17) is 0 Å². The Kier molecular flexibility index (Phi) is 19.4. The number of unbranched alkanes of at least 4 members (excludes halogenated alkanes) is 12. The Morgan fingerprint density at radius 1 is 0.439 bits per heavy atom. The average molecular weight is 575 g/mol. The second-order valence-electron chi connectivity index (χ2n) is 15.8. The Bertz CT molecular complexity index is 576. The molecule has 0 atom stereocenters. The van der Waals surface area contributed by atoms with Crippen LogP contribution < -0.4 is 0 Å². The predicted molar refractivity (Wildman–Crippen MR) is 180 cm³/mol. The van der Waals surface area contributed by atoms with Gasteiger partial charge in [0.2, 0.25) is 0 Å². The molecule has 41 heavy (non-hydrogen) atoms. The van der Waals surface area contributed by atoms with Crippen LogP contribution in [0.3, 0.4) is 0 Å². The van der Waals surface area contributed by atoms with Crippen LogP contribution in [0, 0.1) is 29.1 Å². The van der Waals surface area contributed by atoms with Crippen molar-refractivity contribution in [2.75, 3.05) is 6.67 Å². The summed E-state index contributed by atoms with van der Waals surface area (Å²) in [4.78, 5) is 0. The van der Waals surface area contributed by atoms with E-state index < -0.39 is 0 Å². The summed E-state index contributed by atoms with van der Waals surface area (Å²) >= 11 is 0. The molecule has 0 unspecified atom stereocenters. The number of halogens is 1. The van der Waals surface area contributed by atoms with Gasteiger partial charge in [0, 0.05) is 0 Å². The van der Waals surface area contributed by atoms with Gasteiger partial charge in [-0.05, 0) is 67.6 Å². The first-order valence-corrected chi connectivity index (χ1v) is 19.8. The van der Waals surface area contributed by atoms with Crippen molar-refractivity contribution in [3.05, 3.63) is 0 Å². The van der Waals surface area contributed by atoms with Crippen LogP contribution in [0.15, 0.2) is 0 Å². The smallest absolute Gasteiger partial charge is 0.0894 e. The molecule has 0 saturated heterocycles. The highest BCUT2D eigenvalue weighted by atomic mass is 19.1. The van der Waals surface area contributed by atoms with Gasteiger partial charge in [-0.15, -0.1) is 0 Å². The van der Waals surface area contributed by atoms with Gasteiger partial charge in [0.05, 0.1) is 6.67 Å². The van der Waals surface area contributed by atoms with E-state index in [9.17, 15) is 4.39 Å². The lowest BCUT2D eigenvalue weighted by Crippen LogP contribution is -2.26. The van der Waals surface area contributed by atoms with Crippen molar-refractivity contribution in [3.63, 3.8) is 0 Å². The number of hydrogen-bond donors (Lipinski definition) is 0. The van der Waals surface area contributed by atoms with E-state index in [0.29, 0.717) is 0 Å². The number of alkyl halides is 1. The summed E-state index contributed by atoms with van der Waals surface area (Å²) in [6.07, 6.45) is 48.3. The fourth-order valence-electron chi connectivity index (χ4n) is 9.39. The SMILES string of the molecule is CCCCCCCCCCC1(CCC2CCC(CCC3CCC(CCCCCCCCF)CC3)CC2)CCCCC1. The summed E-state index contributed by atoms with van der Waals surface area (Å²) in [5, 5.41) is 0. The molecule has 3 fully saturated rings. The summed E-state index contributed by atoms with van der Waals surface area (Å²) in [7, 11) is 0. The van der Waals surface area contributed by atoms with Gasteiger partial charge in [-0.2, -0.15) is 0 Å². The Morgan fingerprint density at radius 3 is 1.41 bits per heavy atom. The second kappa shape index (κ2) is 22.4. The number of hydrogen-bond acceptors (Lipinski definition) is 0. The van der Waals surface area contributed by atoms with E-state index in [1.54, 1.807) is 70.6 Å². The third kappa shape index (κ3) is 15.5. The standard InChI is InChI=1S/C40H75F/c1-2-3-4-5-6-8-11-15-31-40(32-16-13-17-33-40)34-30-39-28-26-38(27-29-39)25-24-37-22-20-36(21-23-37)19-14-10-7-9-12-18-35-41/h36-39H,2-35H2,1H3. The highest BCUT2D eigenvalue weighted by Crippen LogP contribution is 2.47. The zero-order valence-corrected chi connectivity index (χ0v) is 28.2. The first-order chi connectivity index (χ1) is 20.2. The first kappa shape index (κ1) is 35.4. The normalized spacial score (nSPS) is 26.8. The minimum atomic E-state index is -0.120. The molecule has 3 rings (SSSR count). The summed E-state index contributed by atoms with van der Waals surface area (Å²) in [6.45, 7) is 2.21. The third-order valence-electron chi connectivity index (χ3n) is 12.5. The van der Waals surface area contributed by atoms with Crippen molar-refractivity contribution in [1.29, 1.82) is 0 Å². The van der Waals surface area contributed by atoms with Gasteiger partial charge in [-0.1, -0.05) is 180 Å². The topological polar surface area (TPSA) is 0 Å². The van der Waals surface area contributed by atoms with Crippen molar-refractivity contribution in [2.24, 2.45) is 29.1 Å². The minimum Gasteiger partial charge on any atom is -0.251 e. The second-order valence-corrected chi connectivity index (χ2v) is 15.8. The van der Waals surface area contributed by atoms with Crippen LogP contribution in [0.5, 0.6) is 0 Å². The van der Waals surface area contributed by atoms with E-state index in [1.165, 1.54) is 128 Å². The summed E-state index contributed by atoms with van der Waals surface area (Å²) in [5.41, 5.74) is 0.742. The van der Waals surface area contributed by atoms with Crippen LogP contribution in [0.25, 0.3) is 0 Å². The fourth-order valence-corrected chi connectivity index (χ4v) is 9.39. The molecule has 0 N–H and O–H groups in total. The lowest BCUT2D eigenvalue weighted by Gasteiger charge is -2.40. The third-order valence-corrected chi connectivity index (χ3v) is 12.5. The molecule has 0 aromatic carbocycles. The molecular formula is C40H75F. The van der Waals surface area contributed by atoms with E-state index in [1.807, 2.05) is 0 Å². The summed E-state index contributed by atoms with van der Waals surface area (Å²) in [5.74, 6) is 4.19. The zero-order chi connectivity index (χ0) is 28.9. The maximum absolute atomic E-state index is 12.2. The molecule has 3 saturated carbocycles. The molecule has 242 valence electrons. The van der Waals surface area contributed by atoms with E-state index in [-0.39, 0.29) is 6.67 Å². The highest BCUT2D eigenvalue weighted by Gasteiger charge is 2.33. The van der Waals surface area contributed by atoms with Gasteiger partial charge in [-0.3, -0.25) is 4.39 Å². The first-order valence-electron chi connectivity index (χ1n) is 19.8. The molecule has 3 aliphatic carbocycles. The number of rotatable bonds is 23. The Labute approximate surface area is 258 Å². The molecule has 0 amide bonds. The van der Waals surface area contributed by atoms with Gasteiger partial charge in [0.1, 0.15) is 0 Å². The van der Waals surface area contributed by atoms with Gasteiger partial charge in [0.15, 0.2) is 0 Å². The van der Waals surface area contributed by atoms with Gasteiger partial charge in [-0.25, -0.2) is 0 Å². The summed E-state index contributed by atoms with van der Waals surface area (Å²) < 4.78 is 12.2. The van der Waals surface area contributed by atoms with Crippen molar-refractivity contribution < 1.29 is 4.39 Å². The molecule has 0 aromatic rings. The Balaban J connectivity index is 1.20.